The minimum atomic E-state index is 0.247. The number of rotatable bonds is 5. The van der Waals surface area contributed by atoms with E-state index in [1.807, 2.05) is 24.8 Å². The Morgan fingerprint density at radius 3 is 2.68 bits per heavy atom. The van der Waals surface area contributed by atoms with Gasteiger partial charge in [-0.1, -0.05) is 11.6 Å². The molecule has 0 radical (unpaired) electrons. The van der Waals surface area contributed by atoms with Crippen LogP contribution in [0.4, 0.5) is 0 Å². The number of nitrogens with one attached hydrogen (secondary N) is 1. The molecule has 1 aromatic carbocycles. The molecule has 22 heavy (non-hydrogen) atoms. The number of nitrogens with zero attached hydrogens (tertiary/aromatic N) is 1. The van der Waals surface area contributed by atoms with Crippen LogP contribution in [0, 0.1) is 13.8 Å². The van der Waals surface area contributed by atoms with Crippen LogP contribution in [0.2, 0.25) is 5.02 Å². The summed E-state index contributed by atoms with van der Waals surface area (Å²) in [5.74, 6) is 1.15. The second-order valence-corrected chi connectivity index (χ2v) is 6.20. The molecule has 0 saturated carbocycles. The Morgan fingerprint density at radius 1 is 1.36 bits per heavy atom. The fourth-order valence-electron chi connectivity index (χ4n) is 2.99. The first-order valence-electron chi connectivity index (χ1n) is 7.85. The van der Waals surface area contributed by atoms with E-state index < -0.39 is 0 Å². The van der Waals surface area contributed by atoms with Crippen molar-refractivity contribution in [3.63, 3.8) is 0 Å². The van der Waals surface area contributed by atoms with Gasteiger partial charge in [-0.25, -0.2) is 0 Å². The zero-order chi connectivity index (χ0) is 16.1. The van der Waals surface area contributed by atoms with Gasteiger partial charge in [-0.15, -0.1) is 0 Å². The Bertz CT molecular complexity index is 540. The average Bonchev–Trinajstić information content (AvgIpc) is 2.52. The second kappa shape index (κ2) is 7.84. The zero-order valence-corrected chi connectivity index (χ0v) is 14.4. The van der Waals surface area contributed by atoms with Crippen molar-refractivity contribution < 1.29 is 9.53 Å². The van der Waals surface area contributed by atoms with Crippen LogP contribution in [0.25, 0.3) is 0 Å². The van der Waals surface area contributed by atoms with E-state index in [-0.39, 0.29) is 5.91 Å². The highest BCUT2D eigenvalue weighted by atomic mass is 35.5. The Kier molecular flexibility index (Phi) is 6.09. The molecule has 1 amide bonds. The molecule has 1 heterocycles. The number of methoxy groups -OCH3 is 1. The van der Waals surface area contributed by atoms with Crippen molar-refractivity contribution in [2.75, 3.05) is 33.3 Å². The SMILES string of the molecule is COc1c(C)cc(Cl)c(C)c1CCCC(=O)N1CCNCC1. The highest BCUT2D eigenvalue weighted by molar-refractivity contribution is 6.31. The topological polar surface area (TPSA) is 41.6 Å². The van der Waals surface area contributed by atoms with E-state index in [1.54, 1.807) is 7.11 Å². The molecular formula is C17H25ClN2O2. The molecule has 1 aromatic rings. The molecule has 0 spiro atoms. The Morgan fingerprint density at radius 2 is 2.05 bits per heavy atom. The zero-order valence-electron chi connectivity index (χ0n) is 13.7. The van der Waals surface area contributed by atoms with Gasteiger partial charge >= 0.3 is 0 Å². The summed E-state index contributed by atoms with van der Waals surface area (Å²) in [7, 11) is 1.69. The van der Waals surface area contributed by atoms with Crippen molar-refractivity contribution in [2.24, 2.45) is 0 Å². The van der Waals surface area contributed by atoms with E-state index in [1.165, 1.54) is 0 Å². The summed E-state index contributed by atoms with van der Waals surface area (Å²) in [4.78, 5) is 14.2. The van der Waals surface area contributed by atoms with Gasteiger partial charge in [-0.2, -0.15) is 0 Å². The predicted octanol–water partition coefficient (Wildman–Crippen LogP) is 2.72. The van der Waals surface area contributed by atoms with Gasteiger partial charge in [0.05, 0.1) is 7.11 Å². The molecule has 1 fully saturated rings. The van der Waals surface area contributed by atoms with E-state index in [4.69, 9.17) is 16.3 Å². The van der Waals surface area contributed by atoms with Crippen LogP contribution in [-0.2, 0) is 11.2 Å². The maximum atomic E-state index is 12.2. The lowest BCUT2D eigenvalue weighted by Gasteiger charge is -2.27. The van der Waals surface area contributed by atoms with Gasteiger partial charge in [-0.3, -0.25) is 4.79 Å². The Balaban J connectivity index is 1.98. The first-order valence-corrected chi connectivity index (χ1v) is 8.23. The smallest absolute Gasteiger partial charge is 0.222 e. The summed E-state index contributed by atoms with van der Waals surface area (Å²) in [6.45, 7) is 7.44. The first kappa shape index (κ1) is 17.1. The molecule has 0 atom stereocenters. The number of carbonyl (C=O) groups excluding carboxylic acids is 1. The van der Waals surface area contributed by atoms with Crippen molar-refractivity contribution in [1.82, 2.24) is 10.2 Å². The third kappa shape index (κ3) is 3.93. The van der Waals surface area contributed by atoms with Crippen molar-refractivity contribution in [2.45, 2.75) is 33.1 Å². The highest BCUT2D eigenvalue weighted by Gasteiger charge is 2.17. The van der Waals surface area contributed by atoms with Gasteiger partial charge in [0, 0.05) is 37.6 Å². The van der Waals surface area contributed by atoms with Crippen molar-refractivity contribution in [3.8, 4) is 5.75 Å². The lowest BCUT2D eigenvalue weighted by atomic mass is 9.98. The van der Waals surface area contributed by atoms with Crippen LogP contribution in [0.3, 0.4) is 0 Å². The molecule has 5 heteroatoms. The minimum Gasteiger partial charge on any atom is -0.496 e. The van der Waals surface area contributed by atoms with E-state index in [2.05, 4.69) is 5.32 Å². The van der Waals surface area contributed by atoms with Gasteiger partial charge in [0.15, 0.2) is 0 Å². The highest BCUT2D eigenvalue weighted by Crippen LogP contribution is 2.33. The molecule has 0 unspecified atom stereocenters. The number of amides is 1. The lowest BCUT2D eigenvalue weighted by molar-refractivity contribution is -0.131. The summed E-state index contributed by atoms with van der Waals surface area (Å²) >= 11 is 6.27. The summed E-state index contributed by atoms with van der Waals surface area (Å²) in [6.07, 6.45) is 2.21. The molecular weight excluding hydrogens is 300 g/mol. The summed E-state index contributed by atoms with van der Waals surface area (Å²) in [5.41, 5.74) is 3.22. The van der Waals surface area contributed by atoms with E-state index in [0.29, 0.717) is 6.42 Å². The molecule has 1 aliphatic heterocycles. The van der Waals surface area contributed by atoms with Gasteiger partial charge < -0.3 is 15.0 Å². The lowest BCUT2D eigenvalue weighted by Crippen LogP contribution is -2.46. The first-order chi connectivity index (χ1) is 10.5. The molecule has 1 N–H and O–H groups in total. The fourth-order valence-corrected chi connectivity index (χ4v) is 3.27. The van der Waals surface area contributed by atoms with Gasteiger partial charge in [-0.05, 0) is 49.4 Å². The maximum absolute atomic E-state index is 12.2. The van der Waals surface area contributed by atoms with Crippen LogP contribution in [0.5, 0.6) is 5.75 Å². The minimum absolute atomic E-state index is 0.247. The number of hydrogen-bond acceptors (Lipinski definition) is 3. The number of hydrogen-bond donors (Lipinski definition) is 1. The Labute approximate surface area is 137 Å². The van der Waals surface area contributed by atoms with Crippen LogP contribution in [0.1, 0.15) is 29.5 Å². The maximum Gasteiger partial charge on any atom is 0.222 e. The second-order valence-electron chi connectivity index (χ2n) is 5.80. The number of aryl methyl sites for hydroxylation is 1. The average molecular weight is 325 g/mol. The normalized spacial score (nSPS) is 15.0. The standard InChI is InChI=1S/C17H25ClN2O2/c1-12-11-15(18)13(2)14(17(12)22-3)5-4-6-16(21)20-9-7-19-8-10-20/h11,19H,4-10H2,1-3H3. The third-order valence-corrected chi connectivity index (χ3v) is 4.67. The van der Waals surface area contributed by atoms with Crippen molar-refractivity contribution >= 4 is 17.5 Å². The Hall–Kier alpha value is -1.26. The van der Waals surface area contributed by atoms with E-state index in [0.717, 1.165) is 66.5 Å². The summed E-state index contributed by atoms with van der Waals surface area (Å²) < 4.78 is 5.52. The summed E-state index contributed by atoms with van der Waals surface area (Å²) in [6, 6.07) is 1.94. The molecule has 4 nitrogen and oxygen atoms in total. The van der Waals surface area contributed by atoms with Gasteiger partial charge in [0.2, 0.25) is 5.91 Å². The molecule has 0 bridgehead atoms. The van der Waals surface area contributed by atoms with Crippen LogP contribution < -0.4 is 10.1 Å². The molecule has 1 saturated heterocycles. The number of ether oxygens (including phenoxy) is 1. The van der Waals surface area contributed by atoms with Crippen LogP contribution in [-0.4, -0.2) is 44.1 Å². The fraction of sp³-hybridized carbons (Fsp3) is 0.588. The number of halogens is 1. The molecule has 2 rings (SSSR count). The van der Waals surface area contributed by atoms with E-state index in [9.17, 15) is 4.79 Å². The van der Waals surface area contributed by atoms with Crippen LogP contribution in [0.15, 0.2) is 6.07 Å². The van der Waals surface area contributed by atoms with Gasteiger partial charge in [0.25, 0.3) is 0 Å². The number of benzene rings is 1. The molecule has 0 aliphatic carbocycles. The van der Waals surface area contributed by atoms with E-state index >= 15 is 0 Å². The predicted molar refractivity (Wildman–Crippen MR) is 89.9 cm³/mol. The van der Waals surface area contributed by atoms with Gasteiger partial charge in [0.1, 0.15) is 5.75 Å². The number of carbonyl (C=O) groups is 1. The monoisotopic (exact) mass is 324 g/mol. The molecule has 0 aromatic heterocycles. The largest absolute Gasteiger partial charge is 0.496 e. The quantitative estimate of drug-likeness (QED) is 0.905. The molecule has 122 valence electrons. The van der Waals surface area contributed by atoms with Crippen molar-refractivity contribution in [1.29, 1.82) is 0 Å². The molecule has 1 aliphatic rings. The number of piperazine rings is 1. The van der Waals surface area contributed by atoms with Crippen molar-refractivity contribution in [3.05, 3.63) is 27.8 Å². The summed E-state index contributed by atoms with van der Waals surface area (Å²) in [5, 5.41) is 4.03. The third-order valence-electron chi connectivity index (χ3n) is 4.28. The van der Waals surface area contributed by atoms with Crippen LogP contribution >= 0.6 is 11.6 Å².